The first kappa shape index (κ1) is 13.8. The molecule has 0 spiro atoms. The lowest BCUT2D eigenvalue weighted by Crippen LogP contribution is -2.40. The highest BCUT2D eigenvalue weighted by molar-refractivity contribution is 5.76. The highest BCUT2D eigenvalue weighted by atomic mass is 16.5. The predicted molar refractivity (Wildman–Crippen MR) is 75.5 cm³/mol. The molecule has 1 aromatic carbocycles. The Morgan fingerprint density at radius 3 is 2.71 bits per heavy atom. The number of nitrogens with zero attached hydrogens (tertiary/aromatic N) is 3. The van der Waals surface area contributed by atoms with E-state index in [2.05, 4.69) is 10.1 Å². The molecule has 0 saturated carbocycles. The Bertz CT molecular complexity index is 591. The van der Waals surface area contributed by atoms with Gasteiger partial charge in [0.1, 0.15) is 0 Å². The number of rotatable bonds is 4. The molecule has 0 unspecified atom stereocenters. The summed E-state index contributed by atoms with van der Waals surface area (Å²) in [7, 11) is 0. The number of amides is 1. The smallest absolute Gasteiger partial charge is 0.227 e. The maximum atomic E-state index is 12.0. The number of hydrogen-bond acceptors (Lipinski definition) is 5. The minimum atomic E-state index is 0.109. The van der Waals surface area contributed by atoms with E-state index >= 15 is 0 Å². The maximum Gasteiger partial charge on any atom is 0.227 e. The first-order valence-electron chi connectivity index (χ1n) is 7.06. The van der Waals surface area contributed by atoms with E-state index in [-0.39, 0.29) is 5.91 Å². The molecule has 0 N–H and O–H groups in total. The summed E-state index contributed by atoms with van der Waals surface area (Å²) in [5.41, 5.74) is 0.909. The van der Waals surface area contributed by atoms with Gasteiger partial charge in [-0.1, -0.05) is 35.5 Å². The van der Waals surface area contributed by atoms with Gasteiger partial charge in [0.25, 0.3) is 0 Å². The van der Waals surface area contributed by atoms with E-state index in [0.717, 1.165) is 5.56 Å². The van der Waals surface area contributed by atoms with Crippen LogP contribution in [0.3, 0.4) is 0 Å². The first-order chi connectivity index (χ1) is 10.3. The van der Waals surface area contributed by atoms with E-state index in [1.807, 2.05) is 35.2 Å². The standard InChI is InChI=1S/C15H17N3O3/c19-14(18-8-10-20-11-9-18)7-6-13-16-15(17-21-13)12-4-2-1-3-5-12/h1-5H,6-11H2. The van der Waals surface area contributed by atoms with Crippen molar-refractivity contribution >= 4 is 5.91 Å². The summed E-state index contributed by atoms with van der Waals surface area (Å²) in [6, 6.07) is 9.63. The number of aromatic nitrogens is 2. The van der Waals surface area contributed by atoms with Crippen LogP contribution in [0.2, 0.25) is 0 Å². The Kier molecular flexibility index (Phi) is 4.25. The Balaban J connectivity index is 1.56. The van der Waals surface area contributed by atoms with Gasteiger partial charge in [0.05, 0.1) is 13.2 Å². The average Bonchev–Trinajstić information content (AvgIpc) is 3.03. The minimum Gasteiger partial charge on any atom is -0.378 e. The fourth-order valence-electron chi connectivity index (χ4n) is 2.25. The van der Waals surface area contributed by atoms with Crippen LogP contribution in [0.5, 0.6) is 0 Å². The third-order valence-electron chi connectivity index (χ3n) is 3.42. The lowest BCUT2D eigenvalue weighted by Gasteiger charge is -2.26. The summed E-state index contributed by atoms with van der Waals surface area (Å²) in [6.07, 6.45) is 0.854. The molecule has 1 saturated heterocycles. The molecule has 6 nitrogen and oxygen atoms in total. The highest BCUT2D eigenvalue weighted by Gasteiger charge is 2.18. The molecule has 6 heteroatoms. The van der Waals surface area contributed by atoms with Crippen molar-refractivity contribution < 1.29 is 14.1 Å². The molecule has 3 rings (SSSR count). The van der Waals surface area contributed by atoms with Crippen LogP contribution < -0.4 is 0 Å². The van der Waals surface area contributed by atoms with Gasteiger partial charge in [-0.05, 0) is 0 Å². The Morgan fingerprint density at radius 1 is 1.19 bits per heavy atom. The lowest BCUT2D eigenvalue weighted by atomic mass is 10.2. The Labute approximate surface area is 122 Å². The third-order valence-corrected chi connectivity index (χ3v) is 3.42. The third kappa shape index (κ3) is 3.46. The van der Waals surface area contributed by atoms with Gasteiger partial charge in [-0.25, -0.2) is 0 Å². The molecule has 1 fully saturated rings. The van der Waals surface area contributed by atoms with E-state index in [4.69, 9.17) is 9.26 Å². The summed E-state index contributed by atoms with van der Waals surface area (Å²) < 4.78 is 10.4. The molecule has 1 amide bonds. The second kappa shape index (κ2) is 6.49. The van der Waals surface area contributed by atoms with Crippen molar-refractivity contribution in [1.82, 2.24) is 15.0 Å². The van der Waals surface area contributed by atoms with Crippen molar-refractivity contribution in [1.29, 1.82) is 0 Å². The van der Waals surface area contributed by atoms with E-state index in [0.29, 0.717) is 50.9 Å². The van der Waals surface area contributed by atoms with Crippen molar-refractivity contribution in [3.63, 3.8) is 0 Å². The molecule has 1 aliphatic heterocycles. The zero-order chi connectivity index (χ0) is 14.5. The Morgan fingerprint density at radius 2 is 1.95 bits per heavy atom. The van der Waals surface area contributed by atoms with Gasteiger partial charge in [0, 0.05) is 31.5 Å². The second-order valence-corrected chi connectivity index (χ2v) is 4.87. The average molecular weight is 287 g/mol. The molecule has 110 valence electrons. The highest BCUT2D eigenvalue weighted by Crippen LogP contribution is 2.15. The molecule has 21 heavy (non-hydrogen) atoms. The zero-order valence-electron chi connectivity index (χ0n) is 11.7. The van der Waals surface area contributed by atoms with Gasteiger partial charge in [-0.3, -0.25) is 4.79 Å². The number of hydrogen-bond donors (Lipinski definition) is 0. The number of ether oxygens (including phenoxy) is 1. The van der Waals surface area contributed by atoms with Crippen LogP contribution in [0.1, 0.15) is 12.3 Å². The van der Waals surface area contributed by atoms with Crippen LogP contribution >= 0.6 is 0 Å². The molecule has 0 atom stereocenters. The van der Waals surface area contributed by atoms with Gasteiger partial charge in [-0.15, -0.1) is 0 Å². The van der Waals surface area contributed by atoms with Gasteiger partial charge >= 0.3 is 0 Å². The number of aryl methyl sites for hydroxylation is 1. The number of morpholine rings is 1. The van der Waals surface area contributed by atoms with Crippen LogP contribution in [0.4, 0.5) is 0 Å². The van der Waals surface area contributed by atoms with Crippen LogP contribution in [-0.2, 0) is 16.0 Å². The second-order valence-electron chi connectivity index (χ2n) is 4.87. The molecule has 1 aliphatic rings. The Hall–Kier alpha value is -2.21. The molecular weight excluding hydrogens is 270 g/mol. The van der Waals surface area contributed by atoms with Crippen LogP contribution in [0.15, 0.2) is 34.9 Å². The van der Waals surface area contributed by atoms with Gasteiger partial charge in [0.2, 0.25) is 17.6 Å². The zero-order valence-corrected chi connectivity index (χ0v) is 11.7. The molecule has 0 aliphatic carbocycles. The summed E-state index contributed by atoms with van der Waals surface area (Å²) in [6.45, 7) is 2.56. The number of benzene rings is 1. The SMILES string of the molecule is O=C(CCc1nc(-c2ccccc2)no1)N1CCOCC1. The summed E-state index contributed by atoms with van der Waals surface area (Å²) in [4.78, 5) is 18.2. The van der Waals surface area contributed by atoms with Crippen molar-refractivity contribution in [2.75, 3.05) is 26.3 Å². The molecule has 0 bridgehead atoms. The predicted octanol–water partition coefficient (Wildman–Crippen LogP) is 1.53. The van der Waals surface area contributed by atoms with Gasteiger partial charge in [0.15, 0.2) is 0 Å². The van der Waals surface area contributed by atoms with E-state index in [1.165, 1.54) is 0 Å². The molecule has 0 radical (unpaired) electrons. The molecule has 2 aromatic rings. The van der Waals surface area contributed by atoms with Crippen molar-refractivity contribution in [2.24, 2.45) is 0 Å². The minimum absolute atomic E-state index is 0.109. The fraction of sp³-hybridized carbons (Fsp3) is 0.400. The monoisotopic (exact) mass is 287 g/mol. The molecular formula is C15H17N3O3. The van der Waals surface area contributed by atoms with E-state index < -0.39 is 0 Å². The van der Waals surface area contributed by atoms with Gasteiger partial charge in [-0.2, -0.15) is 4.98 Å². The molecule has 2 heterocycles. The van der Waals surface area contributed by atoms with Crippen LogP contribution in [0, 0.1) is 0 Å². The summed E-state index contributed by atoms with van der Waals surface area (Å²) in [5.74, 6) is 1.16. The maximum absolute atomic E-state index is 12.0. The fourth-order valence-corrected chi connectivity index (χ4v) is 2.25. The lowest BCUT2D eigenvalue weighted by molar-refractivity contribution is -0.135. The van der Waals surface area contributed by atoms with Crippen molar-refractivity contribution in [2.45, 2.75) is 12.8 Å². The van der Waals surface area contributed by atoms with E-state index in [1.54, 1.807) is 0 Å². The quantitative estimate of drug-likeness (QED) is 0.853. The van der Waals surface area contributed by atoms with Crippen LogP contribution in [0.25, 0.3) is 11.4 Å². The number of carbonyl (C=O) groups excluding carboxylic acids is 1. The van der Waals surface area contributed by atoms with Crippen molar-refractivity contribution in [3.8, 4) is 11.4 Å². The van der Waals surface area contributed by atoms with E-state index in [9.17, 15) is 4.79 Å². The number of carbonyl (C=O) groups is 1. The summed E-state index contributed by atoms with van der Waals surface area (Å²) in [5, 5.41) is 3.95. The largest absolute Gasteiger partial charge is 0.378 e. The van der Waals surface area contributed by atoms with Crippen molar-refractivity contribution in [3.05, 3.63) is 36.2 Å². The summed E-state index contributed by atoms with van der Waals surface area (Å²) >= 11 is 0. The van der Waals surface area contributed by atoms with Gasteiger partial charge < -0.3 is 14.2 Å². The topological polar surface area (TPSA) is 68.5 Å². The van der Waals surface area contributed by atoms with Crippen LogP contribution in [-0.4, -0.2) is 47.3 Å². The molecule has 1 aromatic heterocycles. The first-order valence-corrected chi connectivity index (χ1v) is 7.06. The normalized spacial score (nSPS) is 15.1.